The van der Waals surface area contributed by atoms with Gasteiger partial charge in [0.15, 0.2) is 0 Å². The van der Waals surface area contributed by atoms with Crippen LogP contribution in [0.15, 0.2) is 36.5 Å². The molecule has 0 amide bonds. The van der Waals surface area contributed by atoms with Gasteiger partial charge in [-0.3, -0.25) is 4.98 Å². The normalized spacial score (nSPS) is 9.67. The Hall–Kier alpha value is -1.85. The van der Waals surface area contributed by atoms with E-state index in [0.717, 1.165) is 16.5 Å². The van der Waals surface area contributed by atoms with Gasteiger partial charge >= 0.3 is 0 Å². The number of aliphatic hydroxyl groups excluding tert-OH is 1. The molecule has 1 N–H and O–H groups in total. The van der Waals surface area contributed by atoms with E-state index < -0.39 is 0 Å². The summed E-state index contributed by atoms with van der Waals surface area (Å²) < 4.78 is 0. The zero-order chi connectivity index (χ0) is 10.5. The summed E-state index contributed by atoms with van der Waals surface area (Å²) in [5.41, 5.74) is 2.14. The Bertz CT molecular complexity index is 517. The molecule has 0 bridgehead atoms. The predicted molar refractivity (Wildman–Crippen MR) is 60.3 cm³/mol. The Morgan fingerprint density at radius 1 is 1.13 bits per heavy atom. The third kappa shape index (κ3) is 2.15. The lowest BCUT2D eigenvalue weighted by molar-refractivity contribution is 0.350. The molecular formula is C13H11NO. The van der Waals surface area contributed by atoms with Crippen molar-refractivity contribution >= 4 is 10.9 Å². The van der Waals surface area contributed by atoms with E-state index in [4.69, 9.17) is 5.11 Å². The number of nitrogens with zero attached hydrogens (tertiary/aromatic N) is 1. The van der Waals surface area contributed by atoms with Crippen molar-refractivity contribution in [3.63, 3.8) is 0 Å². The van der Waals surface area contributed by atoms with Crippen LogP contribution in [0.1, 0.15) is 5.56 Å². The number of hydrogen-bond donors (Lipinski definition) is 1. The molecule has 0 aliphatic rings. The highest BCUT2D eigenvalue weighted by molar-refractivity contribution is 5.82. The summed E-state index contributed by atoms with van der Waals surface area (Å²) in [5.74, 6) is 5.56. The van der Waals surface area contributed by atoms with E-state index >= 15 is 0 Å². The number of para-hydroxylation sites is 1. The minimum absolute atomic E-state index is 0.0803. The lowest BCUT2D eigenvalue weighted by atomic mass is 10.1. The van der Waals surface area contributed by atoms with Crippen LogP contribution in [0.3, 0.4) is 0 Å². The molecule has 0 unspecified atom stereocenters. The molecule has 0 spiro atoms. The standard InChI is InChI=1S/C13H11NO/c15-10-4-3-5-11-8-9-14-13-7-2-1-6-12(11)13/h1-2,6-9,15H,5,10H2. The predicted octanol–water partition coefficient (Wildman–Crippen LogP) is 1.77. The first-order chi connectivity index (χ1) is 7.42. The van der Waals surface area contributed by atoms with Gasteiger partial charge in [0, 0.05) is 18.0 Å². The average molecular weight is 197 g/mol. The van der Waals surface area contributed by atoms with E-state index in [9.17, 15) is 0 Å². The third-order valence-electron chi connectivity index (χ3n) is 2.22. The van der Waals surface area contributed by atoms with Gasteiger partial charge in [0.25, 0.3) is 0 Å². The largest absolute Gasteiger partial charge is 0.384 e. The molecular weight excluding hydrogens is 186 g/mol. The van der Waals surface area contributed by atoms with Crippen LogP contribution in [0.25, 0.3) is 10.9 Å². The number of aromatic nitrogens is 1. The second kappa shape index (κ2) is 4.59. The zero-order valence-electron chi connectivity index (χ0n) is 8.27. The summed E-state index contributed by atoms with van der Waals surface area (Å²) in [6.07, 6.45) is 2.45. The summed E-state index contributed by atoms with van der Waals surface area (Å²) >= 11 is 0. The van der Waals surface area contributed by atoms with Gasteiger partial charge in [-0.05, 0) is 17.7 Å². The molecule has 2 aromatic rings. The van der Waals surface area contributed by atoms with Gasteiger partial charge in [0.2, 0.25) is 0 Å². The Kier molecular flexibility index (Phi) is 2.96. The Morgan fingerprint density at radius 3 is 2.87 bits per heavy atom. The maximum atomic E-state index is 8.57. The van der Waals surface area contributed by atoms with Crippen LogP contribution in [0.4, 0.5) is 0 Å². The first-order valence-corrected chi connectivity index (χ1v) is 4.81. The van der Waals surface area contributed by atoms with Gasteiger partial charge in [-0.2, -0.15) is 0 Å². The van der Waals surface area contributed by atoms with E-state index in [2.05, 4.69) is 16.8 Å². The lowest BCUT2D eigenvalue weighted by Gasteiger charge is -2.01. The molecule has 0 aliphatic carbocycles. The van der Waals surface area contributed by atoms with Crippen molar-refractivity contribution in [1.29, 1.82) is 0 Å². The van der Waals surface area contributed by atoms with E-state index in [1.165, 1.54) is 0 Å². The molecule has 2 heteroatoms. The molecule has 0 aliphatic heterocycles. The SMILES string of the molecule is OCC#CCc1ccnc2ccccc12. The fourth-order valence-corrected chi connectivity index (χ4v) is 1.52. The van der Waals surface area contributed by atoms with Crippen LogP contribution in [-0.4, -0.2) is 16.7 Å². The molecule has 0 radical (unpaired) electrons. The molecule has 1 heterocycles. The van der Waals surface area contributed by atoms with Crippen molar-refractivity contribution in [3.8, 4) is 11.8 Å². The number of hydrogen-bond acceptors (Lipinski definition) is 2. The zero-order valence-corrected chi connectivity index (χ0v) is 8.27. The van der Waals surface area contributed by atoms with Gasteiger partial charge in [0.05, 0.1) is 5.52 Å². The van der Waals surface area contributed by atoms with E-state index in [1.54, 1.807) is 6.20 Å². The van der Waals surface area contributed by atoms with Gasteiger partial charge in [-0.1, -0.05) is 30.0 Å². The molecule has 15 heavy (non-hydrogen) atoms. The Labute approximate surface area is 88.6 Å². The van der Waals surface area contributed by atoms with E-state index in [1.807, 2.05) is 30.3 Å². The van der Waals surface area contributed by atoms with Crippen LogP contribution in [0.2, 0.25) is 0 Å². The molecule has 0 atom stereocenters. The van der Waals surface area contributed by atoms with Gasteiger partial charge < -0.3 is 5.11 Å². The van der Waals surface area contributed by atoms with Crippen LogP contribution >= 0.6 is 0 Å². The first-order valence-electron chi connectivity index (χ1n) is 4.81. The quantitative estimate of drug-likeness (QED) is 0.707. The maximum absolute atomic E-state index is 8.57. The third-order valence-corrected chi connectivity index (χ3v) is 2.22. The fourth-order valence-electron chi connectivity index (χ4n) is 1.52. The average Bonchev–Trinajstić information content (AvgIpc) is 2.30. The number of rotatable bonds is 1. The van der Waals surface area contributed by atoms with Crippen molar-refractivity contribution < 1.29 is 5.11 Å². The highest BCUT2D eigenvalue weighted by atomic mass is 16.2. The van der Waals surface area contributed by atoms with Crippen molar-refractivity contribution in [2.45, 2.75) is 6.42 Å². The van der Waals surface area contributed by atoms with Crippen molar-refractivity contribution in [3.05, 3.63) is 42.1 Å². The van der Waals surface area contributed by atoms with Crippen molar-refractivity contribution in [1.82, 2.24) is 4.98 Å². The van der Waals surface area contributed by atoms with E-state index in [-0.39, 0.29) is 6.61 Å². The summed E-state index contributed by atoms with van der Waals surface area (Å²) in [6, 6.07) is 9.95. The summed E-state index contributed by atoms with van der Waals surface area (Å²) in [7, 11) is 0. The summed E-state index contributed by atoms with van der Waals surface area (Å²) in [5, 5.41) is 9.70. The minimum atomic E-state index is -0.0803. The van der Waals surface area contributed by atoms with Crippen molar-refractivity contribution in [2.24, 2.45) is 0 Å². The smallest absolute Gasteiger partial charge is 0.104 e. The van der Waals surface area contributed by atoms with Gasteiger partial charge in [0.1, 0.15) is 6.61 Å². The van der Waals surface area contributed by atoms with Crippen molar-refractivity contribution in [2.75, 3.05) is 6.61 Å². The lowest BCUT2D eigenvalue weighted by Crippen LogP contribution is -1.87. The fraction of sp³-hybridized carbons (Fsp3) is 0.154. The van der Waals surface area contributed by atoms with Crippen LogP contribution in [0.5, 0.6) is 0 Å². The van der Waals surface area contributed by atoms with Crippen LogP contribution < -0.4 is 0 Å². The summed E-state index contributed by atoms with van der Waals surface area (Å²) in [6.45, 7) is -0.0803. The molecule has 0 fully saturated rings. The molecule has 2 nitrogen and oxygen atoms in total. The minimum Gasteiger partial charge on any atom is -0.384 e. The number of pyridine rings is 1. The highest BCUT2D eigenvalue weighted by Gasteiger charge is 1.98. The number of benzene rings is 1. The second-order valence-electron chi connectivity index (χ2n) is 3.18. The van der Waals surface area contributed by atoms with E-state index in [0.29, 0.717) is 6.42 Å². The monoisotopic (exact) mass is 197 g/mol. The van der Waals surface area contributed by atoms with Gasteiger partial charge in [-0.15, -0.1) is 0 Å². The molecule has 0 saturated heterocycles. The first kappa shape index (κ1) is 9.70. The van der Waals surface area contributed by atoms with Crippen LogP contribution in [0, 0.1) is 11.8 Å². The topological polar surface area (TPSA) is 33.1 Å². The molecule has 0 saturated carbocycles. The molecule has 74 valence electrons. The summed E-state index contributed by atoms with van der Waals surface area (Å²) in [4.78, 5) is 4.27. The Balaban J connectivity index is 2.42. The maximum Gasteiger partial charge on any atom is 0.104 e. The number of aliphatic hydroxyl groups is 1. The Morgan fingerprint density at radius 2 is 2.00 bits per heavy atom. The molecule has 1 aromatic carbocycles. The molecule has 1 aromatic heterocycles. The molecule has 2 rings (SSSR count). The second-order valence-corrected chi connectivity index (χ2v) is 3.18. The van der Waals surface area contributed by atoms with Gasteiger partial charge in [-0.25, -0.2) is 0 Å². The van der Waals surface area contributed by atoms with Crippen LogP contribution in [-0.2, 0) is 6.42 Å². The highest BCUT2D eigenvalue weighted by Crippen LogP contribution is 2.15. The number of fused-ring (bicyclic) bond motifs is 1.